The van der Waals surface area contributed by atoms with Crippen molar-refractivity contribution in [3.63, 3.8) is 0 Å². The molecule has 18 heavy (non-hydrogen) atoms. The van der Waals surface area contributed by atoms with E-state index in [1.165, 1.54) is 12.1 Å². The number of carbonyl (C=O) groups is 1. The van der Waals surface area contributed by atoms with E-state index in [0.29, 0.717) is 18.1 Å². The van der Waals surface area contributed by atoms with Crippen molar-refractivity contribution in [3.05, 3.63) is 35.6 Å². The number of hydrogen-bond acceptors (Lipinski definition) is 2. The fraction of sp³-hybridized carbons (Fsp3) is 0.385. The number of hydrogen-bond donors (Lipinski definition) is 1. The Morgan fingerprint density at radius 2 is 2.17 bits per heavy atom. The molecule has 1 atom stereocenters. The number of thiocarbonyl (C=S) groups is 1. The molecule has 1 aliphatic heterocycles. The molecule has 2 rings (SSSR count). The molecule has 0 aliphatic carbocycles. The Hall–Kier alpha value is -1.49. The van der Waals surface area contributed by atoms with Gasteiger partial charge in [0.1, 0.15) is 5.82 Å². The standard InChI is InChI=1S/C13H15FN2OS/c14-11-6-2-1-5-10(11)13(17)16-7-3-4-9(8-16)12(15)18/h1-2,5-6,9H,3-4,7-8H2,(H2,15,18). The molecule has 0 saturated carbocycles. The lowest BCUT2D eigenvalue weighted by Gasteiger charge is -2.32. The predicted octanol–water partition coefficient (Wildman–Crippen LogP) is 1.96. The van der Waals surface area contributed by atoms with Crippen molar-refractivity contribution in [1.82, 2.24) is 4.90 Å². The first-order chi connectivity index (χ1) is 8.59. The minimum atomic E-state index is -0.486. The fourth-order valence-electron chi connectivity index (χ4n) is 2.20. The van der Waals surface area contributed by atoms with E-state index in [2.05, 4.69) is 0 Å². The maximum absolute atomic E-state index is 13.6. The molecule has 1 aromatic rings. The molecule has 5 heteroatoms. The van der Waals surface area contributed by atoms with Gasteiger partial charge in [0.15, 0.2) is 0 Å². The lowest BCUT2D eigenvalue weighted by atomic mass is 9.97. The first kappa shape index (κ1) is 13.0. The van der Waals surface area contributed by atoms with E-state index in [1.54, 1.807) is 17.0 Å². The monoisotopic (exact) mass is 266 g/mol. The van der Waals surface area contributed by atoms with Gasteiger partial charge in [0, 0.05) is 19.0 Å². The molecule has 96 valence electrons. The number of amides is 1. The number of rotatable bonds is 2. The molecular weight excluding hydrogens is 251 g/mol. The molecule has 1 saturated heterocycles. The van der Waals surface area contributed by atoms with Crippen LogP contribution < -0.4 is 5.73 Å². The first-order valence-electron chi connectivity index (χ1n) is 5.92. The van der Waals surface area contributed by atoms with Crippen LogP contribution in [0.25, 0.3) is 0 Å². The van der Waals surface area contributed by atoms with E-state index < -0.39 is 5.82 Å². The van der Waals surface area contributed by atoms with Crippen LogP contribution in [-0.2, 0) is 0 Å². The summed E-state index contributed by atoms with van der Waals surface area (Å²) in [6.45, 7) is 1.12. The van der Waals surface area contributed by atoms with E-state index in [-0.39, 0.29) is 17.4 Å². The Morgan fingerprint density at radius 1 is 1.44 bits per heavy atom. The predicted molar refractivity (Wildman–Crippen MR) is 71.8 cm³/mol. The van der Waals surface area contributed by atoms with Gasteiger partial charge in [-0.3, -0.25) is 4.79 Å². The highest BCUT2D eigenvalue weighted by atomic mass is 32.1. The number of benzene rings is 1. The Labute approximate surface area is 111 Å². The minimum Gasteiger partial charge on any atom is -0.393 e. The minimum absolute atomic E-state index is 0.0458. The van der Waals surface area contributed by atoms with E-state index >= 15 is 0 Å². The van der Waals surface area contributed by atoms with E-state index in [0.717, 1.165) is 12.8 Å². The Morgan fingerprint density at radius 3 is 2.83 bits per heavy atom. The van der Waals surface area contributed by atoms with Gasteiger partial charge in [0.05, 0.1) is 10.6 Å². The number of carbonyl (C=O) groups excluding carboxylic acids is 1. The van der Waals surface area contributed by atoms with Crippen LogP contribution in [0.3, 0.4) is 0 Å². The second-order valence-corrected chi connectivity index (χ2v) is 4.94. The number of likely N-dealkylation sites (tertiary alicyclic amines) is 1. The van der Waals surface area contributed by atoms with Crippen molar-refractivity contribution in [1.29, 1.82) is 0 Å². The van der Waals surface area contributed by atoms with Crippen molar-refractivity contribution < 1.29 is 9.18 Å². The summed E-state index contributed by atoms with van der Waals surface area (Å²) in [5, 5.41) is 0. The molecule has 3 nitrogen and oxygen atoms in total. The van der Waals surface area contributed by atoms with E-state index in [4.69, 9.17) is 18.0 Å². The van der Waals surface area contributed by atoms with Gasteiger partial charge in [-0.1, -0.05) is 24.4 Å². The highest BCUT2D eigenvalue weighted by Gasteiger charge is 2.26. The lowest BCUT2D eigenvalue weighted by Crippen LogP contribution is -2.43. The average molecular weight is 266 g/mol. The van der Waals surface area contributed by atoms with Crippen LogP contribution in [0.5, 0.6) is 0 Å². The summed E-state index contributed by atoms with van der Waals surface area (Å²) in [4.78, 5) is 14.3. The van der Waals surface area contributed by atoms with Gasteiger partial charge >= 0.3 is 0 Å². The van der Waals surface area contributed by atoms with Crippen LogP contribution in [0.4, 0.5) is 4.39 Å². The molecule has 0 radical (unpaired) electrons. The molecule has 0 spiro atoms. The van der Waals surface area contributed by atoms with Crippen LogP contribution in [0.15, 0.2) is 24.3 Å². The summed E-state index contributed by atoms with van der Waals surface area (Å²) < 4.78 is 13.6. The van der Waals surface area contributed by atoms with Gasteiger partial charge in [-0.2, -0.15) is 0 Å². The molecule has 1 amide bonds. The van der Waals surface area contributed by atoms with E-state index in [1.807, 2.05) is 0 Å². The SMILES string of the molecule is NC(=S)C1CCCN(C(=O)c2ccccc2F)C1. The Balaban J connectivity index is 2.14. The van der Waals surface area contributed by atoms with Gasteiger partial charge in [-0.15, -0.1) is 0 Å². The van der Waals surface area contributed by atoms with Crippen LogP contribution in [0.2, 0.25) is 0 Å². The third kappa shape index (κ3) is 2.67. The molecular formula is C13H15FN2OS. The quantitative estimate of drug-likeness (QED) is 0.832. The second-order valence-electron chi connectivity index (χ2n) is 4.47. The third-order valence-electron chi connectivity index (χ3n) is 3.22. The number of halogens is 1. The normalized spacial score (nSPS) is 19.6. The zero-order chi connectivity index (χ0) is 13.1. The van der Waals surface area contributed by atoms with Crippen molar-refractivity contribution in [2.24, 2.45) is 11.7 Å². The number of piperidine rings is 1. The summed E-state index contributed by atoms with van der Waals surface area (Å²) >= 11 is 4.96. The topological polar surface area (TPSA) is 46.3 Å². The summed E-state index contributed by atoms with van der Waals surface area (Å²) in [5.74, 6) is -0.724. The van der Waals surface area contributed by atoms with Gasteiger partial charge in [-0.25, -0.2) is 4.39 Å². The van der Waals surface area contributed by atoms with Crippen molar-refractivity contribution in [2.75, 3.05) is 13.1 Å². The molecule has 0 bridgehead atoms. The molecule has 1 fully saturated rings. The molecule has 1 heterocycles. The lowest BCUT2D eigenvalue weighted by molar-refractivity contribution is 0.0699. The Kier molecular flexibility index (Phi) is 3.91. The molecule has 1 aromatic carbocycles. The zero-order valence-corrected chi connectivity index (χ0v) is 10.8. The van der Waals surface area contributed by atoms with Gasteiger partial charge in [0.2, 0.25) is 0 Å². The molecule has 0 aromatic heterocycles. The van der Waals surface area contributed by atoms with Crippen molar-refractivity contribution in [2.45, 2.75) is 12.8 Å². The third-order valence-corrected chi connectivity index (χ3v) is 3.55. The first-order valence-corrected chi connectivity index (χ1v) is 6.33. The molecule has 1 aliphatic rings. The van der Waals surface area contributed by atoms with Crippen molar-refractivity contribution >= 4 is 23.1 Å². The Bertz CT molecular complexity index is 478. The number of nitrogens with zero attached hydrogens (tertiary/aromatic N) is 1. The molecule has 1 unspecified atom stereocenters. The van der Waals surface area contributed by atoms with Gasteiger partial charge in [0.25, 0.3) is 5.91 Å². The second kappa shape index (κ2) is 5.44. The van der Waals surface area contributed by atoms with Crippen LogP contribution in [0, 0.1) is 11.7 Å². The molecule has 2 N–H and O–H groups in total. The summed E-state index contributed by atoms with van der Waals surface area (Å²) in [6.07, 6.45) is 1.75. The smallest absolute Gasteiger partial charge is 0.256 e. The number of nitrogens with two attached hydrogens (primary N) is 1. The van der Waals surface area contributed by atoms with E-state index in [9.17, 15) is 9.18 Å². The summed E-state index contributed by atoms with van der Waals surface area (Å²) in [5.41, 5.74) is 5.73. The maximum Gasteiger partial charge on any atom is 0.256 e. The average Bonchev–Trinajstić information content (AvgIpc) is 2.38. The summed E-state index contributed by atoms with van der Waals surface area (Å²) in [7, 11) is 0. The van der Waals surface area contributed by atoms with Crippen LogP contribution in [-0.4, -0.2) is 28.9 Å². The maximum atomic E-state index is 13.6. The zero-order valence-electron chi connectivity index (χ0n) is 9.93. The van der Waals surface area contributed by atoms with Gasteiger partial charge in [-0.05, 0) is 25.0 Å². The highest BCUT2D eigenvalue weighted by molar-refractivity contribution is 7.80. The highest BCUT2D eigenvalue weighted by Crippen LogP contribution is 2.19. The van der Waals surface area contributed by atoms with Crippen LogP contribution in [0.1, 0.15) is 23.2 Å². The van der Waals surface area contributed by atoms with Crippen molar-refractivity contribution in [3.8, 4) is 0 Å². The fourth-order valence-corrected chi connectivity index (χ4v) is 2.39. The van der Waals surface area contributed by atoms with Crippen LogP contribution >= 0.6 is 12.2 Å². The largest absolute Gasteiger partial charge is 0.393 e. The summed E-state index contributed by atoms with van der Waals surface area (Å²) in [6, 6.07) is 6.02. The van der Waals surface area contributed by atoms with Gasteiger partial charge < -0.3 is 10.6 Å².